The molecule has 9 heteroatoms. The van der Waals surface area contributed by atoms with Gasteiger partial charge in [0.1, 0.15) is 17.2 Å². The number of hydrogen-bond acceptors (Lipinski definition) is 5. The summed E-state index contributed by atoms with van der Waals surface area (Å²) >= 11 is 0. The molecule has 2 aromatic carbocycles. The van der Waals surface area contributed by atoms with E-state index in [-0.39, 0.29) is 35.6 Å². The molecule has 1 aliphatic heterocycles. The van der Waals surface area contributed by atoms with Crippen LogP contribution < -0.4 is 15.0 Å². The molecule has 3 amide bonds. The minimum Gasteiger partial charge on any atom is -0.497 e. The van der Waals surface area contributed by atoms with Crippen LogP contribution in [0.5, 0.6) is 5.75 Å². The first-order chi connectivity index (χ1) is 14.3. The average Bonchev–Trinajstić information content (AvgIpc) is 2.74. The van der Waals surface area contributed by atoms with Gasteiger partial charge in [-0.05, 0) is 43.2 Å². The molecule has 30 heavy (non-hydrogen) atoms. The average molecular weight is 432 g/mol. The Morgan fingerprint density at radius 2 is 1.80 bits per heavy atom. The molecule has 3 rings (SSSR count). The Bertz CT molecular complexity index is 1040. The lowest BCUT2D eigenvalue weighted by molar-refractivity contribution is -0.120. The number of amides is 3. The third-order valence-electron chi connectivity index (χ3n) is 4.98. The lowest BCUT2D eigenvalue weighted by Crippen LogP contribution is -2.53. The molecule has 0 fully saturated rings. The van der Waals surface area contributed by atoms with Crippen LogP contribution in [0.3, 0.4) is 0 Å². The van der Waals surface area contributed by atoms with Crippen molar-refractivity contribution in [2.24, 2.45) is 0 Å². The summed E-state index contributed by atoms with van der Waals surface area (Å²) in [4.78, 5) is 26.8. The standard InChI is InChI=1S/C21H25N3O5S/c1-4-15(2)22-20(25)14-23-18-7-5-6-8-19(18)30(27,28)24(21(23)26)13-16-9-11-17(29-3)12-10-16/h5-12,15H,4,13-14H2,1-3H3,(H,22,25)/t15-/m1/s1. The third-order valence-corrected chi connectivity index (χ3v) is 6.74. The summed E-state index contributed by atoms with van der Waals surface area (Å²) in [5.74, 6) is 0.275. The lowest BCUT2D eigenvalue weighted by atomic mass is 10.2. The Labute approximate surface area is 176 Å². The van der Waals surface area contributed by atoms with Crippen molar-refractivity contribution in [1.29, 1.82) is 0 Å². The summed E-state index contributed by atoms with van der Waals surface area (Å²) in [6.07, 6.45) is 0.744. The Balaban J connectivity index is 1.95. The van der Waals surface area contributed by atoms with Crippen molar-refractivity contribution >= 4 is 27.6 Å². The van der Waals surface area contributed by atoms with E-state index in [4.69, 9.17) is 4.74 Å². The maximum atomic E-state index is 13.2. The second kappa shape index (κ2) is 8.74. The van der Waals surface area contributed by atoms with Gasteiger partial charge in [-0.2, -0.15) is 0 Å². The quantitative estimate of drug-likeness (QED) is 0.727. The number of fused-ring (bicyclic) bond motifs is 1. The Morgan fingerprint density at radius 1 is 1.13 bits per heavy atom. The molecule has 0 unspecified atom stereocenters. The van der Waals surface area contributed by atoms with Crippen molar-refractivity contribution in [2.45, 2.75) is 37.8 Å². The number of para-hydroxylation sites is 1. The van der Waals surface area contributed by atoms with Crippen molar-refractivity contribution in [3.63, 3.8) is 0 Å². The van der Waals surface area contributed by atoms with Crippen molar-refractivity contribution in [3.8, 4) is 5.75 Å². The van der Waals surface area contributed by atoms with Crippen LogP contribution in [0.15, 0.2) is 53.4 Å². The number of nitrogens with one attached hydrogen (secondary N) is 1. The van der Waals surface area contributed by atoms with Crippen LogP contribution >= 0.6 is 0 Å². The highest BCUT2D eigenvalue weighted by molar-refractivity contribution is 7.90. The van der Waals surface area contributed by atoms with Gasteiger partial charge < -0.3 is 10.1 Å². The van der Waals surface area contributed by atoms with Crippen LogP contribution in [0.25, 0.3) is 0 Å². The molecule has 2 aromatic rings. The first-order valence-electron chi connectivity index (χ1n) is 9.63. The molecule has 0 radical (unpaired) electrons. The van der Waals surface area contributed by atoms with E-state index in [1.54, 1.807) is 36.4 Å². The predicted molar refractivity (Wildman–Crippen MR) is 113 cm³/mol. The molecule has 0 saturated carbocycles. The van der Waals surface area contributed by atoms with E-state index in [1.807, 2.05) is 13.8 Å². The fourth-order valence-corrected chi connectivity index (χ4v) is 4.68. The van der Waals surface area contributed by atoms with Crippen LogP contribution in [0.4, 0.5) is 10.5 Å². The van der Waals surface area contributed by atoms with E-state index in [0.29, 0.717) is 11.3 Å². The second-order valence-electron chi connectivity index (χ2n) is 7.07. The molecular formula is C21H25N3O5S. The number of rotatable bonds is 7. The van der Waals surface area contributed by atoms with Gasteiger partial charge in [-0.25, -0.2) is 17.5 Å². The maximum Gasteiger partial charge on any atom is 0.339 e. The van der Waals surface area contributed by atoms with Crippen LogP contribution in [0, 0.1) is 0 Å². The van der Waals surface area contributed by atoms with E-state index in [9.17, 15) is 18.0 Å². The zero-order valence-electron chi connectivity index (χ0n) is 17.2. The van der Waals surface area contributed by atoms with Crippen molar-refractivity contribution in [3.05, 3.63) is 54.1 Å². The number of benzene rings is 2. The van der Waals surface area contributed by atoms with Gasteiger partial charge in [0, 0.05) is 6.04 Å². The fourth-order valence-electron chi connectivity index (χ4n) is 3.13. The number of carbonyl (C=O) groups is 2. The van der Waals surface area contributed by atoms with Crippen molar-refractivity contribution < 1.29 is 22.7 Å². The highest BCUT2D eigenvalue weighted by Crippen LogP contribution is 2.35. The Morgan fingerprint density at radius 3 is 2.43 bits per heavy atom. The molecule has 1 aliphatic rings. The van der Waals surface area contributed by atoms with Gasteiger partial charge in [0.15, 0.2) is 0 Å². The Hall–Kier alpha value is -3.07. The number of sulfonamides is 1. The highest BCUT2D eigenvalue weighted by atomic mass is 32.2. The molecule has 1 heterocycles. The molecule has 8 nitrogen and oxygen atoms in total. The van der Waals surface area contributed by atoms with Gasteiger partial charge in [0.2, 0.25) is 5.91 Å². The van der Waals surface area contributed by atoms with Gasteiger partial charge in [-0.1, -0.05) is 31.2 Å². The number of anilines is 1. The third kappa shape index (κ3) is 4.25. The topological polar surface area (TPSA) is 96.0 Å². The summed E-state index contributed by atoms with van der Waals surface area (Å²) in [5.41, 5.74) is 0.823. The summed E-state index contributed by atoms with van der Waals surface area (Å²) in [7, 11) is -2.53. The van der Waals surface area contributed by atoms with Crippen LogP contribution in [0.1, 0.15) is 25.8 Å². The predicted octanol–water partition coefficient (Wildman–Crippen LogP) is 2.74. The molecule has 1 atom stereocenters. The minimum absolute atomic E-state index is 0.00514. The maximum absolute atomic E-state index is 13.2. The number of hydrogen-bond donors (Lipinski definition) is 1. The zero-order valence-corrected chi connectivity index (χ0v) is 18.0. The van der Waals surface area contributed by atoms with E-state index in [1.165, 1.54) is 24.1 Å². The number of urea groups is 1. The van der Waals surface area contributed by atoms with Gasteiger partial charge in [-0.3, -0.25) is 9.69 Å². The van der Waals surface area contributed by atoms with Crippen molar-refractivity contribution in [1.82, 2.24) is 9.62 Å². The van der Waals surface area contributed by atoms with Crippen LogP contribution in [0.2, 0.25) is 0 Å². The Kier molecular flexibility index (Phi) is 6.31. The van der Waals surface area contributed by atoms with Gasteiger partial charge in [0.25, 0.3) is 10.0 Å². The molecule has 160 valence electrons. The largest absolute Gasteiger partial charge is 0.497 e. The molecular weight excluding hydrogens is 406 g/mol. The van der Waals surface area contributed by atoms with E-state index in [0.717, 1.165) is 10.7 Å². The molecule has 0 bridgehead atoms. The first-order valence-corrected chi connectivity index (χ1v) is 11.1. The fraction of sp³-hybridized carbons (Fsp3) is 0.333. The lowest BCUT2D eigenvalue weighted by Gasteiger charge is -2.36. The monoisotopic (exact) mass is 431 g/mol. The van der Waals surface area contributed by atoms with E-state index < -0.39 is 16.1 Å². The first kappa shape index (κ1) is 21.6. The number of nitrogens with zero attached hydrogens (tertiary/aromatic N) is 2. The number of ether oxygens (including phenoxy) is 1. The van der Waals surface area contributed by atoms with E-state index >= 15 is 0 Å². The summed E-state index contributed by atoms with van der Waals surface area (Å²) in [6, 6.07) is 12.2. The van der Waals surface area contributed by atoms with Crippen molar-refractivity contribution in [2.75, 3.05) is 18.6 Å². The minimum atomic E-state index is -4.06. The highest BCUT2D eigenvalue weighted by Gasteiger charge is 2.42. The molecule has 0 aromatic heterocycles. The normalized spacial score (nSPS) is 16.0. The SMILES string of the molecule is CC[C@@H](C)NC(=O)CN1C(=O)N(Cc2ccc(OC)cc2)S(=O)(=O)c2ccccc21. The van der Waals surface area contributed by atoms with Crippen LogP contribution in [-0.4, -0.2) is 44.4 Å². The van der Waals surface area contributed by atoms with Gasteiger partial charge in [0.05, 0.1) is 19.3 Å². The summed E-state index contributed by atoms with van der Waals surface area (Å²) < 4.78 is 32.2. The number of methoxy groups -OCH3 is 1. The number of carbonyl (C=O) groups excluding carboxylic acids is 2. The van der Waals surface area contributed by atoms with Gasteiger partial charge in [-0.15, -0.1) is 0 Å². The molecule has 0 spiro atoms. The van der Waals surface area contributed by atoms with Gasteiger partial charge >= 0.3 is 6.03 Å². The van der Waals surface area contributed by atoms with E-state index in [2.05, 4.69) is 5.32 Å². The molecule has 1 N–H and O–H groups in total. The zero-order chi connectivity index (χ0) is 21.9. The summed E-state index contributed by atoms with van der Waals surface area (Å²) in [6.45, 7) is 3.39. The molecule has 0 saturated heterocycles. The smallest absolute Gasteiger partial charge is 0.339 e. The molecule has 0 aliphatic carbocycles. The van der Waals surface area contributed by atoms with Crippen LogP contribution in [-0.2, 0) is 21.4 Å². The second-order valence-corrected chi connectivity index (χ2v) is 8.90. The summed E-state index contributed by atoms with van der Waals surface area (Å²) in [5, 5.41) is 2.81.